The highest BCUT2D eigenvalue weighted by atomic mass is 16.6. The number of Topliss-reactive ketones (excluding diaryl/α,β-unsaturated/α-hetero) is 2. The van der Waals surface area contributed by atoms with Crippen molar-refractivity contribution in [2.24, 2.45) is 11.8 Å². The first-order valence-electron chi connectivity index (χ1n) is 8.13. The summed E-state index contributed by atoms with van der Waals surface area (Å²) < 4.78 is 5.14. The molecule has 0 saturated carbocycles. The van der Waals surface area contributed by atoms with E-state index in [1.54, 1.807) is 6.92 Å². The van der Waals surface area contributed by atoms with Gasteiger partial charge < -0.3 is 4.74 Å². The van der Waals surface area contributed by atoms with Gasteiger partial charge in [0.25, 0.3) is 5.69 Å². The van der Waals surface area contributed by atoms with Crippen molar-refractivity contribution >= 4 is 23.2 Å². The Morgan fingerprint density at radius 2 is 1.80 bits per heavy atom. The number of ether oxygens (including phenoxy) is 1. The zero-order valence-electron chi connectivity index (χ0n) is 14.9. The molecule has 1 aromatic rings. The van der Waals surface area contributed by atoms with Gasteiger partial charge in [0.05, 0.1) is 17.4 Å². The molecular formula is C18H23NO6. The summed E-state index contributed by atoms with van der Waals surface area (Å²) in [6.45, 7) is 6.55. The lowest BCUT2D eigenvalue weighted by Crippen LogP contribution is -2.35. The molecule has 0 fully saturated rings. The fourth-order valence-electron chi connectivity index (χ4n) is 2.55. The molecule has 0 heterocycles. The van der Waals surface area contributed by atoms with Gasteiger partial charge in [-0.05, 0) is 12.8 Å². The zero-order valence-corrected chi connectivity index (χ0v) is 14.9. The van der Waals surface area contributed by atoms with Gasteiger partial charge in [-0.1, -0.05) is 39.0 Å². The number of hydrogen-bond donors (Lipinski definition) is 0. The zero-order chi connectivity index (χ0) is 19.1. The van der Waals surface area contributed by atoms with Crippen molar-refractivity contribution in [1.82, 2.24) is 0 Å². The molecule has 0 radical (unpaired) electrons. The second kappa shape index (κ2) is 9.05. The van der Waals surface area contributed by atoms with Crippen LogP contribution in [0, 0.1) is 22.0 Å². The number of nitro benzene ring substituents is 1. The summed E-state index contributed by atoms with van der Waals surface area (Å²) in [5, 5.41) is 11.3. The molecule has 0 spiro atoms. The van der Waals surface area contributed by atoms with E-state index in [1.807, 2.05) is 13.8 Å². The molecule has 0 saturated heterocycles. The monoisotopic (exact) mass is 349 g/mol. The van der Waals surface area contributed by atoms with Gasteiger partial charge in [0.2, 0.25) is 0 Å². The Balaban J connectivity index is 3.41. The van der Waals surface area contributed by atoms with Crippen molar-refractivity contribution in [3.8, 4) is 0 Å². The molecule has 7 nitrogen and oxygen atoms in total. The molecule has 0 aromatic heterocycles. The smallest absolute Gasteiger partial charge is 0.317 e. The highest BCUT2D eigenvalue weighted by Crippen LogP contribution is 2.35. The number of para-hydroxylation sites is 1. The maximum Gasteiger partial charge on any atom is 0.317 e. The fourth-order valence-corrected chi connectivity index (χ4v) is 2.55. The molecule has 1 aromatic carbocycles. The maximum atomic E-state index is 12.5. The molecule has 0 bridgehead atoms. The van der Waals surface area contributed by atoms with Crippen LogP contribution in [0.4, 0.5) is 5.69 Å². The van der Waals surface area contributed by atoms with Gasteiger partial charge in [0.1, 0.15) is 17.5 Å². The number of rotatable bonds is 9. The van der Waals surface area contributed by atoms with Gasteiger partial charge in [-0.15, -0.1) is 0 Å². The summed E-state index contributed by atoms with van der Waals surface area (Å²) in [6.07, 6.45) is 0.0396. The van der Waals surface area contributed by atoms with Crippen molar-refractivity contribution in [1.29, 1.82) is 0 Å². The minimum Gasteiger partial charge on any atom is -0.465 e. The van der Waals surface area contributed by atoms with Gasteiger partial charge in [-0.3, -0.25) is 24.5 Å². The average molecular weight is 349 g/mol. The SMILES string of the molecule is CCC(=O)C(c1ccccc1[N+](=O)[O-])C(C(C)=O)C(=O)OCC(C)C. The van der Waals surface area contributed by atoms with E-state index in [-0.39, 0.29) is 30.2 Å². The van der Waals surface area contributed by atoms with E-state index >= 15 is 0 Å². The van der Waals surface area contributed by atoms with Crippen LogP contribution >= 0.6 is 0 Å². The molecule has 1 rings (SSSR count). The summed E-state index contributed by atoms with van der Waals surface area (Å²) in [6, 6.07) is 5.66. The predicted molar refractivity (Wildman–Crippen MR) is 91.1 cm³/mol. The summed E-state index contributed by atoms with van der Waals surface area (Å²) in [4.78, 5) is 47.7. The van der Waals surface area contributed by atoms with Crippen LogP contribution in [-0.4, -0.2) is 29.1 Å². The minimum absolute atomic E-state index is 0.0396. The third kappa shape index (κ3) is 5.20. The number of carbonyl (C=O) groups is 3. The molecule has 2 atom stereocenters. The van der Waals surface area contributed by atoms with Crippen LogP contribution in [-0.2, 0) is 19.1 Å². The maximum absolute atomic E-state index is 12.5. The molecular weight excluding hydrogens is 326 g/mol. The van der Waals surface area contributed by atoms with Crippen molar-refractivity contribution in [2.75, 3.05) is 6.61 Å². The van der Waals surface area contributed by atoms with E-state index in [2.05, 4.69) is 0 Å². The molecule has 7 heteroatoms. The van der Waals surface area contributed by atoms with E-state index in [0.717, 1.165) is 0 Å². The number of nitro groups is 1. The lowest BCUT2D eigenvalue weighted by Gasteiger charge is -2.23. The summed E-state index contributed by atoms with van der Waals surface area (Å²) >= 11 is 0. The Hall–Kier alpha value is -2.57. The lowest BCUT2D eigenvalue weighted by molar-refractivity contribution is -0.385. The first-order valence-corrected chi connectivity index (χ1v) is 8.13. The van der Waals surface area contributed by atoms with Crippen LogP contribution in [0.15, 0.2) is 24.3 Å². The predicted octanol–water partition coefficient (Wildman–Crippen LogP) is 3.06. The fraction of sp³-hybridized carbons (Fsp3) is 0.500. The topological polar surface area (TPSA) is 104 Å². The second-order valence-electron chi connectivity index (χ2n) is 6.23. The molecule has 0 amide bonds. The summed E-state index contributed by atoms with van der Waals surface area (Å²) in [5.74, 6) is -4.38. The highest BCUT2D eigenvalue weighted by molar-refractivity contribution is 6.05. The molecule has 0 aliphatic heterocycles. The normalized spacial score (nSPS) is 13.2. The van der Waals surface area contributed by atoms with E-state index in [9.17, 15) is 24.5 Å². The van der Waals surface area contributed by atoms with Crippen molar-refractivity contribution < 1.29 is 24.0 Å². The van der Waals surface area contributed by atoms with Crippen LogP contribution < -0.4 is 0 Å². The summed E-state index contributed by atoms with van der Waals surface area (Å²) in [5.41, 5.74) is -0.238. The molecule has 25 heavy (non-hydrogen) atoms. The number of ketones is 2. The highest BCUT2D eigenvalue weighted by Gasteiger charge is 2.41. The number of hydrogen-bond acceptors (Lipinski definition) is 6. The molecule has 0 N–H and O–H groups in total. The number of carbonyl (C=O) groups excluding carboxylic acids is 3. The van der Waals surface area contributed by atoms with Crippen LogP contribution in [0.25, 0.3) is 0 Å². The minimum atomic E-state index is -1.40. The van der Waals surface area contributed by atoms with Crippen LogP contribution in [0.5, 0.6) is 0 Å². The van der Waals surface area contributed by atoms with Gasteiger partial charge in [-0.25, -0.2) is 0 Å². The van der Waals surface area contributed by atoms with Gasteiger partial charge >= 0.3 is 5.97 Å². The Bertz CT molecular complexity index is 667. The Kier molecular flexibility index (Phi) is 7.42. The molecule has 2 unspecified atom stereocenters. The second-order valence-corrected chi connectivity index (χ2v) is 6.23. The standard InChI is InChI=1S/C18H23NO6/c1-5-15(21)17(13-8-6-7-9-14(13)19(23)24)16(12(4)20)18(22)25-10-11(2)3/h6-9,11,16-17H,5,10H2,1-4H3. The third-order valence-corrected chi connectivity index (χ3v) is 3.75. The van der Waals surface area contributed by atoms with Gasteiger partial charge in [0.15, 0.2) is 0 Å². The van der Waals surface area contributed by atoms with Crippen LogP contribution in [0.2, 0.25) is 0 Å². The van der Waals surface area contributed by atoms with E-state index in [1.165, 1.54) is 31.2 Å². The quantitative estimate of drug-likeness (QED) is 0.294. The molecule has 0 aliphatic rings. The van der Waals surface area contributed by atoms with Crippen molar-refractivity contribution in [2.45, 2.75) is 40.0 Å². The average Bonchev–Trinajstić information content (AvgIpc) is 2.56. The number of benzene rings is 1. The number of nitrogens with zero attached hydrogens (tertiary/aromatic N) is 1. The van der Waals surface area contributed by atoms with E-state index in [0.29, 0.717) is 0 Å². The lowest BCUT2D eigenvalue weighted by atomic mass is 9.79. The molecule has 0 aliphatic carbocycles. The van der Waals surface area contributed by atoms with Crippen LogP contribution in [0.3, 0.4) is 0 Å². The van der Waals surface area contributed by atoms with Crippen molar-refractivity contribution in [3.63, 3.8) is 0 Å². The van der Waals surface area contributed by atoms with Gasteiger partial charge in [-0.2, -0.15) is 0 Å². The first-order chi connectivity index (χ1) is 11.7. The summed E-state index contributed by atoms with van der Waals surface area (Å²) in [7, 11) is 0. The Labute approximate surface area is 146 Å². The van der Waals surface area contributed by atoms with Gasteiger partial charge in [0, 0.05) is 18.1 Å². The molecule has 136 valence electrons. The Morgan fingerprint density at radius 1 is 1.20 bits per heavy atom. The van der Waals surface area contributed by atoms with E-state index in [4.69, 9.17) is 4.74 Å². The third-order valence-electron chi connectivity index (χ3n) is 3.75. The van der Waals surface area contributed by atoms with Crippen LogP contribution in [0.1, 0.15) is 45.6 Å². The Morgan fingerprint density at radius 3 is 2.28 bits per heavy atom. The first kappa shape index (κ1) is 20.5. The number of esters is 1. The van der Waals surface area contributed by atoms with Crippen molar-refractivity contribution in [3.05, 3.63) is 39.9 Å². The van der Waals surface area contributed by atoms with E-state index < -0.39 is 34.3 Å². The largest absolute Gasteiger partial charge is 0.465 e.